The van der Waals surface area contributed by atoms with Crippen LogP contribution < -0.4 is 4.90 Å². The van der Waals surface area contributed by atoms with E-state index < -0.39 is 5.97 Å². The molecule has 0 bridgehead atoms. The van der Waals surface area contributed by atoms with Gasteiger partial charge in [-0.2, -0.15) is 5.26 Å². The van der Waals surface area contributed by atoms with Crippen LogP contribution in [0.25, 0.3) is 0 Å². The molecule has 4 heteroatoms. The Morgan fingerprint density at radius 2 is 2.24 bits per heavy atom. The lowest BCUT2D eigenvalue weighted by Crippen LogP contribution is -2.25. The van der Waals surface area contributed by atoms with Gasteiger partial charge in [-0.05, 0) is 26.0 Å². The van der Waals surface area contributed by atoms with Gasteiger partial charge in [0.25, 0.3) is 0 Å². The van der Waals surface area contributed by atoms with Crippen molar-refractivity contribution in [2.45, 2.75) is 20.3 Å². The molecular formula is C13H16N2O2. The Morgan fingerprint density at radius 3 is 2.76 bits per heavy atom. The second-order valence-corrected chi connectivity index (χ2v) is 3.81. The molecule has 0 heterocycles. The van der Waals surface area contributed by atoms with E-state index in [9.17, 15) is 4.79 Å². The van der Waals surface area contributed by atoms with Gasteiger partial charge in [0.15, 0.2) is 0 Å². The van der Waals surface area contributed by atoms with Crippen molar-refractivity contribution >= 4 is 11.7 Å². The monoisotopic (exact) mass is 232 g/mol. The summed E-state index contributed by atoms with van der Waals surface area (Å²) in [5, 5.41) is 17.8. The average Bonchev–Trinajstić information content (AvgIpc) is 2.31. The first-order valence-corrected chi connectivity index (χ1v) is 5.56. The SMILES string of the molecule is CCN(CCC#N)c1ccc(C)cc1C(=O)O. The van der Waals surface area contributed by atoms with Crippen LogP contribution in [-0.4, -0.2) is 24.2 Å². The molecule has 0 radical (unpaired) electrons. The number of nitrogens with zero attached hydrogens (tertiary/aromatic N) is 2. The highest BCUT2D eigenvalue weighted by molar-refractivity contribution is 5.94. The van der Waals surface area contributed by atoms with E-state index in [-0.39, 0.29) is 0 Å². The van der Waals surface area contributed by atoms with Crippen molar-refractivity contribution in [3.8, 4) is 6.07 Å². The molecule has 4 nitrogen and oxygen atoms in total. The molecule has 0 atom stereocenters. The molecule has 1 aromatic rings. The fourth-order valence-electron chi connectivity index (χ4n) is 1.73. The molecule has 1 aromatic carbocycles. The first-order chi connectivity index (χ1) is 8.10. The number of aromatic carboxylic acids is 1. The maximum absolute atomic E-state index is 11.2. The van der Waals surface area contributed by atoms with Gasteiger partial charge in [0.2, 0.25) is 0 Å². The lowest BCUT2D eigenvalue weighted by atomic mass is 10.1. The maximum Gasteiger partial charge on any atom is 0.337 e. The van der Waals surface area contributed by atoms with Gasteiger partial charge in [-0.25, -0.2) is 4.79 Å². The fraction of sp³-hybridized carbons (Fsp3) is 0.385. The quantitative estimate of drug-likeness (QED) is 0.846. The van der Waals surface area contributed by atoms with E-state index >= 15 is 0 Å². The van der Waals surface area contributed by atoms with E-state index in [1.165, 1.54) is 0 Å². The molecule has 0 spiro atoms. The maximum atomic E-state index is 11.2. The molecule has 1 N–H and O–H groups in total. The highest BCUT2D eigenvalue weighted by atomic mass is 16.4. The average molecular weight is 232 g/mol. The number of rotatable bonds is 5. The first kappa shape index (κ1) is 13.0. The highest BCUT2D eigenvalue weighted by Gasteiger charge is 2.14. The van der Waals surface area contributed by atoms with Crippen molar-refractivity contribution in [3.63, 3.8) is 0 Å². The summed E-state index contributed by atoms with van der Waals surface area (Å²) in [5.41, 5.74) is 1.90. The number of nitriles is 1. The molecule has 0 saturated carbocycles. The normalized spacial score (nSPS) is 9.71. The summed E-state index contributed by atoms with van der Waals surface area (Å²) >= 11 is 0. The molecule has 0 aliphatic rings. The summed E-state index contributed by atoms with van der Waals surface area (Å²) in [6, 6.07) is 7.42. The zero-order chi connectivity index (χ0) is 12.8. The molecular weight excluding hydrogens is 216 g/mol. The van der Waals surface area contributed by atoms with Crippen LogP contribution in [0.5, 0.6) is 0 Å². The van der Waals surface area contributed by atoms with Crippen LogP contribution >= 0.6 is 0 Å². The van der Waals surface area contributed by atoms with E-state index in [0.29, 0.717) is 30.8 Å². The minimum absolute atomic E-state index is 0.296. The van der Waals surface area contributed by atoms with Gasteiger partial charge in [-0.15, -0.1) is 0 Å². The Labute approximate surface area is 101 Å². The number of benzene rings is 1. The fourth-order valence-corrected chi connectivity index (χ4v) is 1.73. The molecule has 0 saturated heterocycles. The lowest BCUT2D eigenvalue weighted by Gasteiger charge is -2.23. The summed E-state index contributed by atoms with van der Waals surface area (Å²) in [6.45, 7) is 5.05. The molecule has 90 valence electrons. The molecule has 17 heavy (non-hydrogen) atoms. The third-order valence-electron chi connectivity index (χ3n) is 2.60. The van der Waals surface area contributed by atoms with Gasteiger partial charge in [-0.3, -0.25) is 0 Å². The summed E-state index contributed by atoms with van der Waals surface area (Å²) in [4.78, 5) is 13.1. The molecule has 0 aliphatic heterocycles. The van der Waals surface area contributed by atoms with Gasteiger partial charge in [-0.1, -0.05) is 11.6 Å². The standard InChI is InChI=1S/C13H16N2O2/c1-3-15(8-4-7-14)12-6-5-10(2)9-11(12)13(16)17/h5-6,9H,3-4,8H2,1-2H3,(H,16,17). The van der Waals surface area contributed by atoms with Crippen LogP contribution in [0.3, 0.4) is 0 Å². The van der Waals surface area contributed by atoms with E-state index in [4.69, 9.17) is 10.4 Å². The smallest absolute Gasteiger partial charge is 0.337 e. The van der Waals surface area contributed by atoms with Gasteiger partial charge < -0.3 is 10.0 Å². The second kappa shape index (κ2) is 5.90. The Hall–Kier alpha value is -2.02. The molecule has 0 amide bonds. The van der Waals surface area contributed by atoms with Crippen molar-refractivity contribution < 1.29 is 9.90 Å². The van der Waals surface area contributed by atoms with Crippen molar-refractivity contribution in [2.24, 2.45) is 0 Å². The van der Waals surface area contributed by atoms with Crippen LogP contribution in [0.15, 0.2) is 18.2 Å². The van der Waals surface area contributed by atoms with E-state index in [1.54, 1.807) is 12.1 Å². The van der Waals surface area contributed by atoms with Crippen LogP contribution in [-0.2, 0) is 0 Å². The lowest BCUT2D eigenvalue weighted by molar-refractivity contribution is 0.0697. The third-order valence-corrected chi connectivity index (χ3v) is 2.60. The van der Waals surface area contributed by atoms with Crippen molar-refractivity contribution in [1.82, 2.24) is 0 Å². The number of aryl methyl sites for hydroxylation is 1. The van der Waals surface area contributed by atoms with Crippen LogP contribution in [0.4, 0.5) is 5.69 Å². The van der Waals surface area contributed by atoms with Gasteiger partial charge >= 0.3 is 5.97 Å². The zero-order valence-electron chi connectivity index (χ0n) is 10.1. The topological polar surface area (TPSA) is 64.3 Å². The Kier molecular flexibility index (Phi) is 4.53. The van der Waals surface area contributed by atoms with Gasteiger partial charge in [0.05, 0.1) is 23.7 Å². The zero-order valence-corrected chi connectivity index (χ0v) is 10.1. The number of hydrogen-bond acceptors (Lipinski definition) is 3. The van der Waals surface area contributed by atoms with Crippen LogP contribution in [0.2, 0.25) is 0 Å². The van der Waals surface area contributed by atoms with Gasteiger partial charge in [0.1, 0.15) is 0 Å². The molecule has 0 fully saturated rings. The number of carboxylic acid groups (broad SMARTS) is 1. The van der Waals surface area contributed by atoms with E-state index in [2.05, 4.69) is 6.07 Å². The Bertz CT molecular complexity index is 449. The second-order valence-electron chi connectivity index (χ2n) is 3.81. The molecule has 0 aliphatic carbocycles. The van der Waals surface area contributed by atoms with Crippen molar-refractivity contribution in [2.75, 3.05) is 18.0 Å². The molecule has 1 rings (SSSR count). The number of carboxylic acids is 1. The number of carbonyl (C=O) groups is 1. The number of anilines is 1. The van der Waals surface area contributed by atoms with Crippen molar-refractivity contribution in [1.29, 1.82) is 5.26 Å². The summed E-state index contributed by atoms with van der Waals surface area (Å²) in [5.74, 6) is -0.931. The van der Waals surface area contributed by atoms with Crippen molar-refractivity contribution in [3.05, 3.63) is 29.3 Å². The predicted molar refractivity (Wildman–Crippen MR) is 66.3 cm³/mol. The minimum atomic E-state index is -0.931. The van der Waals surface area contributed by atoms with Crippen LogP contribution in [0.1, 0.15) is 29.3 Å². The van der Waals surface area contributed by atoms with Crippen LogP contribution in [0, 0.1) is 18.3 Å². The summed E-state index contributed by atoms with van der Waals surface area (Å²) in [6.07, 6.45) is 0.390. The summed E-state index contributed by atoms with van der Waals surface area (Å²) in [7, 11) is 0. The Balaban J connectivity index is 3.10. The number of hydrogen-bond donors (Lipinski definition) is 1. The minimum Gasteiger partial charge on any atom is -0.478 e. The largest absolute Gasteiger partial charge is 0.478 e. The first-order valence-electron chi connectivity index (χ1n) is 5.56. The predicted octanol–water partition coefficient (Wildman–Crippen LogP) is 2.43. The third kappa shape index (κ3) is 3.22. The molecule has 0 aromatic heterocycles. The highest BCUT2D eigenvalue weighted by Crippen LogP contribution is 2.22. The van der Waals surface area contributed by atoms with E-state index in [1.807, 2.05) is 24.8 Å². The van der Waals surface area contributed by atoms with E-state index in [0.717, 1.165) is 5.56 Å². The molecule has 0 unspecified atom stereocenters. The summed E-state index contributed by atoms with van der Waals surface area (Å²) < 4.78 is 0. The van der Waals surface area contributed by atoms with Gasteiger partial charge in [0, 0.05) is 13.1 Å². The Morgan fingerprint density at radius 1 is 1.53 bits per heavy atom.